The predicted octanol–water partition coefficient (Wildman–Crippen LogP) is 4.67. The molecule has 7 heteroatoms. The van der Waals surface area contributed by atoms with Crippen LogP contribution in [0.15, 0.2) is 36.4 Å². The van der Waals surface area contributed by atoms with E-state index in [0.29, 0.717) is 40.2 Å². The molecule has 0 saturated carbocycles. The number of hydrogen-bond acceptors (Lipinski definition) is 4. The number of para-hydroxylation sites is 1. The Labute approximate surface area is 169 Å². The van der Waals surface area contributed by atoms with E-state index in [9.17, 15) is 9.59 Å². The van der Waals surface area contributed by atoms with E-state index in [-0.39, 0.29) is 18.2 Å². The SMILES string of the molecule is CCOc1ccc(C(C)=O)cc1CN(C)CC(=O)Nc1c(Cl)cccc1Cl. The number of nitrogens with one attached hydrogen (secondary N) is 1. The van der Waals surface area contributed by atoms with Gasteiger partial charge in [0.15, 0.2) is 5.78 Å². The lowest BCUT2D eigenvalue weighted by atomic mass is 10.1. The Balaban J connectivity index is 2.08. The second kappa shape index (κ2) is 9.74. The van der Waals surface area contributed by atoms with E-state index in [1.54, 1.807) is 36.4 Å². The third-order valence-electron chi connectivity index (χ3n) is 3.85. The number of anilines is 1. The van der Waals surface area contributed by atoms with Gasteiger partial charge in [0.1, 0.15) is 5.75 Å². The molecule has 0 aliphatic heterocycles. The predicted molar refractivity (Wildman–Crippen MR) is 109 cm³/mol. The number of ether oxygens (including phenoxy) is 1. The smallest absolute Gasteiger partial charge is 0.238 e. The fourth-order valence-electron chi connectivity index (χ4n) is 2.61. The number of rotatable bonds is 8. The van der Waals surface area contributed by atoms with Crippen molar-refractivity contribution in [3.05, 3.63) is 57.6 Å². The lowest BCUT2D eigenvalue weighted by molar-refractivity contribution is -0.117. The first kappa shape index (κ1) is 21.2. The molecule has 0 saturated heterocycles. The molecule has 0 aromatic heterocycles. The van der Waals surface area contributed by atoms with Crippen LogP contribution in [0, 0.1) is 0 Å². The van der Waals surface area contributed by atoms with Gasteiger partial charge in [0, 0.05) is 17.7 Å². The maximum absolute atomic E-state index is 12.3. The molecule has 1 N–H and O–H groups in total. The molecule has 0 aliphatic carbocycles. The summed E-state index contributed by atoms with van der Waals surface area (Å²) in [5, 5.41) is 3.50. The quantitative estimate of drug-likeness (QED) is 0.644. The molecule has 0 fully saturated rings. The molecule has 1 amide bonds. The molecule has 5 nitrogen and oxygen atoms in total. The van der Waals surface area contributed by atoms with Crippen LogP contribution in [0.25, 0.3) is 0 Å². The first-order valence-corrected chi connectivity index (χ1v) is 9.26. The Morgan fingerprint density at radius 1 is 1.15 bits per heavy atom. The molecule has 0 radical (unpaired) electrons. The van der Waals surface area contributed by atoms with E-state index in [1.165, 1.54) is 6.92 Å². The third kappa shape index (κ3) is 5.96. The van der Waals surface area contributed by atoms with Crippen molar-refractivity contribution in [1.82, 2.24) is 4.90 Å². The molecule has 0 bridgehead atoms. The minimum Gasteiger partial charge on any atom is -0.494 e. The van der Waals surface area contributed by atoms with Crippen molar-refractivity contribution in [1.29, 1.82) is 0 Å². The van der Waals surface area contributed by atoms with Gasteiger partial charge in [-0.25, -0.2) is 0 Å². The third-order valence-corrected chi connectivity index (χ3v) is 4.48. The van der Waals surface area contributed by atoms with Gasteiger partial charge in [-0.2, -0.15) is 0 Å². The first-order valence-electron chi connectivity index (χ1n) is 8.50. The maximum atomic E-state index is 12.3. The van der Waals surface area contributed by atoms with Gasteiger partial charge in [0.05, 0.1) is 28.9 Å². The number of likely N-dealkylation sites (N-methyl/N-ethyl adjacent to an activating group) is 1. The summed E-state index contributed by atoms with van der Waals surface area (Å²) in [6.45, 7) is 4.50. The molecular weight excluding hydrogens is 387 g/mol. The van der Waals surface area contributed by atoms with Crippen LogP contribution in [-0.2, 0) is 11.3 Å². The number of hydrogen-bond donors (Lipinski definition) is 1. The number of halogens is 2. The van der Waals surface area contributed by atoms with Crippen LogP contribution in [-0.4, -0.2) is 36.8 Å². The zero-order chi connectivity index (χ0) is 20.0. The largest absolute Gasteiger partial charge is 0.494 e. The molecule has 144 valence electrons. The summed E-state index contributed by atoms with van der Waals surface area (Å²) >= 11 is 12.2. The highest BCUT2D eigenvalue weighted by Gasteiger charge is 2.14. The summed E-state index contributed by atoms with van der Waals surface area (Å²) in [5.41, 5.74) is 1.84. The van der Waals surface area contributed by atoms with Crippen molar-refractivity contribution >= 4 is 40.6 Å². The van der Waals surface area contributed by atoms with Crippen LogP contribution in [0.5, 0.6) is 5.75 Å². The van der Waals surface area contributed by atoms with E-state index < -0.39 is 0 Å². The van der Waals surface area contributed by atoms with E-state index in [1.807, 2.05) is 18.9 Å². The van der Waals surface area contributed by atoms with Crippen LogP contribution in [0.1, 0.15) is 29.8 Å². The van der Waals surface area contributed by atoms with E-state index in [4.69, 9.17) is 27.9 Å². The second-order valence-electron chi connectivity index (χ2n) is 6.13. The van der Waals surface area contributed by atoms with Crippen molar-refractivity contribution < 1.29 is 14.3 Å². The summed E-state index contributed by atoms with van der Waals surface area (Å²) in [7, 11) is 1.81. The molecule has 27 heavy (non-hydrogen) atoms. The van der Waals surface area contributed by atoms with Crippen molar-refractivity contribution in [3.63, 3.8) is 0 Å². The van der Waals surface area contributed by atoms with Crippen LogP contribution in [0.4, 0.5) is 5.69 Å². The molecule has 0 atom stereocenters. The highest BCUT2D eigenvalue weighted by molar-refractivity contribution is 6.39. The van der Waals surface area contributed by atoms with Crippen LogP contribution >= 0.6 is 23.2 Å². The van der Waals surface area contributed by atoms with Crippen molar-refractivity contribution in [2.45, 2.75) is 20.4 Å². The number of amides is 1. The zero-order valence-electron chi connectivity index (χ0n) is 15.5. The number of carbonyl (C=O) groups is 2. The van der Waals surface area contributed by atoms with Crippen molar-refractivity contribution in [2.75, 3.05) is 25.5 Å². The average molecular weight is 409 g/mol. The summed E-state index contributed by atoms with van der Waals surface area (Å²) in [5.74, 6) is 0.435. The molecular formula is C20H22Cl2N2O3. The highest BCUT2D eigenvalue weighted by atomic mass is 35.5. The molecule has 0 aliphatic rings. The van der Waals surface area contributed by atoms with Gasteiger partial charge in [-0.1, -0.05) is 29.3 Å². The standard InChI is InChI=1S/C20H22Cl2N2O3/c1-4-27-18-9-8-14(13(2)25)10-15(18)11-24(3)12-19(26)23-20-16(21)6-5-7-17(20)22/h5-10H,4,11-12H2,1-3H3,(H,23,26). The normalized spacial score (nSPS) is 10.7. The van der Waals surface area contributed by atoms with Gasteiger partial charge in [0.2, 0.25) is 5.91 Å². The monoisotopic (exact) mass is 408 g/mol. The van der Waals surface area contributed by atoms with E-state index in [0.717, 1.165) is 5.56 Å². The minimum atomic E-state index is -0.242. The summed E-state index contributed by atoms with van der Waals surface area (Å²) in [6.07, 6.45) is 0. The number of Topliss-reactive ketones (excluding diaryl/α,β-unsaturated/α-hetero) is 1. The first-order chi connectivity index (χ1) is 12.8. The molecule has 0 unspecified atom stereocenters. The Morgan fingerprint density at radius 3 is 2.41 bits per heavy atom. The summed E-state index contributed by atoms with van der Waals surface area (Å²) in [4.78, 5) is 25.8. The number of ketones is 1. The van der Waals surface area contributed by atoms with Gasteiger partial charge < -0.3 is 10.1 Å². The average Bonchev–Trinajstić information content (AvgIpc) is 2.59. The molecule has 2 rings (SSSR count). The Bertz CT molecular complexity index is 820. The van der Waals surface area contributed by atoms with Crippen molar-refractivity contribution in [3.8, 4) is 5.75 Å². The summed E-state index contributed by atoms with van der Waals surface area (Å²) < 4.78 is 5.63. The molecule has 0 heterocycles. The Kier molecular flexibility index (Phi) is 7.66. The van der Waals surface area contributed by atoms with Gasteiger partial charge in [-0.15, -0.1) is 0 Å². The van der Waals surface area contributed by atoms with Crippen LogP contribution < -0.4 is 10.1 Å². The molecule has 2 aromatic rings. The number of benzene rings is 2. The fraction of sp³-hybridized carbons (Fsp3) is 0.300. The number of nitrogens with zero attached hydrogens (tertiary/aromatic N) is 1. The topological polar surface area (TPSA) is 58.6 Å². The second-order valence-corrected chi connectivity index (χ2v) is 6.94. The lowest BCUT2D eigenvalue weighted by Crippen LogP contribution is -2.30. The van der Waals surface area contributed by atoms with Gasteiger partial charge in [0.25, 0.3) is 0 Å². The summed E-state index contributed by atoms with van der Waals surface area (Å²) in [6, 6.07) is 10.4. The molecule has 0 spiro atoms. The zero-order valence-corrected chi connectivity index (χ0v) is 17.0. The fourth-order valence-corrected chi connectivity index (χ4v) is 3.10. The van der Waals surface area contributed by atoms with Gasteiger partial charge >= 0.3 is 0 Å². The Morgan fingerprint density at radius 2 is 1.81 bits per heavy atom. The van der Waals surface area contributed by atoms with Gasteiger partial charge in [-0.3, -0.25) is 14.5 Å². The van der Waals surface area contributed by atoms with E-state index >= 15 is 0 Å². The van der Waals surface area contributed by atoms with Crippen LogP contribution in [0.3, 0.4) is 0 Å². The van der Waals surface area contributed by atoms with Crippen molar-refractivity contribution in [2.24, 2.45) is 0 Å². The van der Waals surface area contributed by atoms with Gasteiger partial charge in [-0.05, 0) is 51.2 Å². The van der Waals surface area contributed by atoms with Crippen LogP contribution in [0.2, 0.25) is 10.0 Å². The molecule has 2 aromatic carbocycles. The van der Waals surface area contributed by atoms with E-state index in [2.05, 4.69) is 5.32 Å². The lowest BCUT2D eigenvalue weighted by Gasteiger charge is -2.19. The highest BCUT2D eigenvalue weighted by Crippen LogP contribution is 2.29. The number of carbonyl (C=O) groups excluding carboxylic acids is 2. The minimum absolute atomic E-state index is 0.0203. The maximum Gasteiger partial charge on any atom is 0.238 e. The Hall–Kier alpha value is -2.08.